The molecule has 4 aliphatic carbocycles. The maximum absolute atomic E-state index is 6.33. The Morgan fingerprint density at radius 3 is 2.48 bits per heavy atom. The highest BCUT2D eigenvalue weighted by Crippen LogP contribution is 2.66. The summed E-state index contributed by atoms with van der Waals surface area (Å²) in [6, 6.07) is 0.427. The molecule has 0 heterocycles. The highest BCUT2D eigenvalue weighted by atomic mass is 14.7. The van der Waals surface area contributed by atoms with Crippen LogP contribution in [-0.2, 0) is 0 Å². The highest BCUT2D eigenvalue weighted by molar-refractivity contribution is 5.25. The van der Waals surface area contributed by atoms with Gasteiger partial charge in [0.25, 0.3) is 0 Å². The molecule has 1 nitrogen and oxygen atoms in total. The third-order valence-corrected chi connectivity index (χ3v) is 9.92. The van der Waals surface area contributed by atoms with E-state index >= 15 is 0 Å². The van der Waals surface area contributed by atoms with Crippen molar-refractivity contribution >= 4 is 0 Å². The average molecular weight is 402 g/mol. The molecule has 7 atom stereocenters. The Kier molecular flexibility index (Phi) is 7.62. The SMILES string of the molecule is CC.CC(C)CCCC[C@H]1CCC2C3CC=C4CC(N)CCC4(C)C3CCC21C. The van der Waals surface area contributed by atoms with Crippen molar-refractivity contribution in [3.63, 3.8) is 0 Å². The molecular weight excluding hydrogens is 350 g/mol. The van der Waals surface area contributed by atoms with Gasteiger partial charge in [-0.15, -0.1) is 0 Å². The van der Waals surface area contributed by atoms with Crippen LogP contribution < -0.4 is 5.73 Å². The Balaban J connectivity index is 0.00000117. The smallest absolute Gasteiger partial charge is 0.00766 e. The Hall–Kier alpha value is -0.300. The maximum atomic E-state index is 6.33. The predicted octanol–water partition coefficient (Wildman–Crippen LogP) is 8.14. The number of nitrogens with two attached hydrogens (primary N) is 1. The summed E-state index contributed by atoms with van der Waals surface area (Å²) >= 11 is 0. The quantitative estimate of drug-likeness (QED) is 0.365. The van der Waals surface area contributed by atoms with Crippen LogP contribution in [0.3, 0.4) is 0 Å². The summed E-state index contributed by atoms with van der Waals surface area (Å²) in [6.45, 7) is 14.1. The molecule has 0 aromatic rings. The minimum atomic E-state index is 0.427. The normalized spacial score (nSPS) is 43.6. The molecule has 0 aliphatic heterocycles. The fourth-order valence-corrected chi connectivity index (χ4v) is 8.22. The van der Waals surface area contributed by atoms with Gasteiger partial charge < -0.3 is 5.73 Å². The van der Waals surface area contributed by atoms with Crippen molar-refractivity contribution in [2.75, 3.05) is 0 Å². The summed E-state index contributed by atoms with van der Waals surface area (Å²) in [4.78, 5) is 0. The molecule has 4 rings (SSSR count). The van der Waals surface area contributed by atoms with E-state index in [1.807, 2.05) is 13.8 Å². The zero-order valence-corrected chi connectivity index (χ0v) is 20.6. The molecule has 2 N–H and O–H groups in total. The Labute approximate surface area is 182 Å². The Bertz CT molecular complexity index is 563. The van der Waals surface area contributed by atoms with Gasteiger partial charge >= 0.3 is 0 Å². The van der Waals surface area contributed by atoms with Gasteiger partial charge in [-0.2, -0.15) is 0 Å². The zero-order valence-electron chi connectivity index (χ0n) is 20.6. The summed E-state index contributed by atoms with van der Waals surface area (Å²) < 4.78 is 0. The molecule has 4 aliphatic rings. The predicted molar refractivity (Wildman–Crippen MR) is 128 cm³/mol. The lowest BCUT2D eigenvalue weighted by atomic mass is 9.47. The minimum Gasteiger partial charge on any atom is -0.327 e. The summed E-state index contributed by atoms with van der Waals surface area (Å²) in [5.74, 6) is 4.79. The van der Waals surface area contributed by atoms with Crippen LogP contribution >= 0.6 is 0 Å². The second-order valence-electron chi connectivity index (χ2n) is 11.8. The number of hydrogen-bond acceptors (Lipinski definition) is 1. The number of fused-ring (bicyclic) bond motifs is 5. The third kappa shape index (κ3) is 4.37. The molecular formula is C28H51N. The van der Waals surface area contributed by atoms with Crippen LogP contribution in [0.25, 0.3) is 0 Å². The second-order valence-corrected chi connectivity index (χ2v) is 11.8. The lowest BCUT2D eigenvalue weighted by molar-refractivity contribution is -0.0434. The summed E-state index contributed by atoms with van der Waals surface area (Å²) in [6.07, 6.45) is 19.7. The van der Waals surface area contributed by atoms with Crippen molar-refractivity contribution in [2.24, 2.45) is 46.2 Å². The van der Waals surface area contributed by atoms with E-state index < -0.39 is 0 Å². The number of unbranched alkanes of at least 4 members (excludes halogenated alkanes) is 1. The van der Waals surface area contributed by atoms with Crippen LogP contribution in [0.15, 0.2) is 11.6 Å². The van der Waals surface area contributed by atoms with Crippen molar-refractivity contribution in [1.29, 1.82) is 0 Å². The lowest BCUT2D eigenvalue weighted by Crippen LogP contribution is -2.51. The van der Waals surface area contributed by atoms with E-state index in [-0.39, 0.29) is 0 Å². The molecule has 0 spiro atoms. The van der Waals surface area contributed by atoms with Crippen molar-refractivity contribution in [1.82, 2.24) is 0 Å². The van der Waals surface area contributed by atoms with E-state index in [1.54, 1.807) is 5.57 Å². The topological polar surface area (TPSA) is 26.0 Å². The average Bonchev–Trinajstić information content (AvgIpc) is 3.03. The van der Waals surface area contributed by atoms with Crippen molar-refractivity contribution < 1.29 is 0 Å². The fourth-order valence-electron chi connectivity index (χ4n) is 8.22. The van der Waals surface area contributed by atoms with Gasteiger partial charge in [-0.3, -0.25) is 0 Å². The molecule has 0 aromatic carbocycles. The van der Waals surface area contributed by atoms with Gasteiger partial charge in [-0.05, 0) is 98.2 Å². The van der Waals surface area contributed by atoms with Crippen LogP contribution in [0.4, 0.5) is 0 Å². The van der Waals surface area contributed by atoms with Crippen LogP contribution in [0, 0.1) is 40.4 Å². The fraction of sp³-hybridized carbons (Fsp3) is 0.929. The van der Waals surface area contributed by atoms with Crippen LogP contribution in [-0.4, -0.2) is 6.04 Å². The summed E-state index contributed by atoms with van der Waals surface area (Å²) in [7, 11) is 0. The maximum Gasteiger partial charge on any atom is 0.00766 e. The second kappa shape index (κ2) is 9.46. The standard InChI is InChI=1S/C26H45N.C2H6/c1-18(2)7-5-6-8-19-10-12-23-22-11-9-20-17-21(27)13-15-26(20,4)24(22)14-16-25(19,23)3;1-2/h9,18-19,21-24H,5-8,10-17,27H2,1-4H3;1-2H3/t19-,21?,22?,23?,24?,25?,26?;/m0./s1. The molecule has 1 heteroatoms. The van der Waals surface area contributed by atoms with Crippen molar-refractivity contribution in [2.45, 2.75) is 125 Å². The molecule has 3 fully saturated rings. The van der Waals surface area contributed by atoms with Crippen LogP contribution in [0.1, 0.15) is 119 Å². The van der Waals surface area contributed by atoms with Crippen molar-refractivity contribution in [3.05, 3.63) is 11.6 Å². The molecule has 0 amide bonds. The zero-order chi connectivity index (χ0) is 21.2. The van der Waals surface area contributed by atoms with Gasteiger partial charge in [0.05, 0.1) is 0 Å². The first-order valence-electron chi connectivity index (χ1n) is 13.3. The Morgan fingerprint density at radius 2 is 1.76 bits per heavy atom. The van der Waals surface area contributed by atoms with Crippen LogP contribution in [0.5, 0.6) is 0 Å². The molecule has 0 radical (unpaired) electrons. The molecule has 3 saturated carbocycles. The lowest BCUT2D eigenvalue weighted by Gasteiger charge is -2.58. The molecule has 168 valence electrons. The van der Waals surface area contributed by atoms with Gasteiger partial charge in [-0.25, -0.2) is 0 Å². The van der Waals surface area contributed by atoms with E-state index in [2.05, 4.69) is 33.8 Å². The highest BCUT2D eigenvalue weighted by Gasteiger charge is 2.58. The van der Waals surface area contributed by atoms with Gasteiger partial charge in [0.2, 0.25) is 0 Å². The summed E-state index contributed by atoms with van der Waals surface area (Å²) in [5, 5.41) is 0. The van der Waals surface area contributed by atoms with Crippen LogP contribution in [0.2, 0.25) is 0 Å². The van der Waals surface area contributed by atoms with E-state index in [0.717, 1.165) is 29.6 Å². The van der Waals surface area contributed by atoms with Crippen molar-refractivity contribution in [3.8, 4) is 0 Å². The number of rotatable bonds is 5. The molecule has 0 saturated heterocycles. The van der Waals surface area contributed by atoms with E-state index in [1.165, 1.54) is 77.0 Å². The summed E-state index contributed by atoms with van der Waals surface area (Å²) in [5.41, 5.74) is 9.20. The van der Waals surface area contributed by atoms with E-state index in [0.29, 0.717) is 16.9 Å². The first-order chi connectivity index (χ1) is 13.8. The van der Waals surface area contributed by atoms with Gasteiger partial charge in [0.1, 0.15) is 0 Å². The molecule has 6 unspecified atom stereocenters. The molecule has 29 heavy (non-hydrogen) atoms. The first kappa shape index (κ1) is 23.4. The number of allylic oxidation sites excluding steroid dienone is 1. The number of hydrogen-bond donors (Lipinski definition) is 1. The largest absolute Gasteiger partial charge is 0.327 e. The monoisotopic (exact) mass is 401 g/mol. The molecule has 0 aromatic heterocycles. The Morgan fingerprint density at radius 1 is 1.00 bits per heavy atom. The minimum absolute atomic E-state index is 0.427. The van der Waals surface area contributed by atoms with E-state index in [9.17, 15) is 0 Å². The molecule has 0 bridgehead atoms. The van der Waals surface area contributed by atoms with E-state index in [4.69, 9.17) is 5.73 Å². The van der Waals surface area contributed by atoms with Gasteiger partial charge in [0, 0.05) is 6.04 Å². The van der Waals surface area contributed by atoms with Gasteiger partial charge in [0.15, 0.2) is 0 Å². The first-order valence-corrected chi connectivity index (χ1v) is 13.3. The third-order valence-electron chi connectivity index (χ3n) is 9.92. The van der Waals surface area contributed by atoms with Gasteiger partial charge in [-0.1, -0.05) is 72.5 Å².